The summed E-state index contributed by atoms with van der Waals surface area (Å²) < 4.78 is 11.5. The lowest BCUT2D eigenvalue weighted by Gasteiger charge is -2.31. The molecule has 0 atom stereocenters. The number of halogens is 1. The molecule has 1 aliphatic heterocycles. The highest BCUT2D eigenvalue weighted by Gasteiger charge is 2.18. The number of nitrogens with one attached hydrogen (secondary N) is 2. The lowest BCUT2D eigenvalue weighted by Crippen LogP contribution is -2.42. The van der Waals surface area contributed by atoms with E-state index in [2.05, 4.69) is 53.8 Å². The fraction of sp³-hybridized carbons (Fsp3) is 0.609. The molecule has 0 saturated carbocycles. The molecule has 1 aromatic rings. The first-order valence-corrected chi connectivity index (χ1v) is 10.9. The van der Waals surface area contributed by atoms with Crippen molar-refractivity contribution in [2.45, 2.75) is 51.2 Å². The zero-order valence-corrected chi connectivity index (χ0v) is 20.6. The molecule has 6 nitrogen and oxygen atoms in total. The number of rotatable bonds is 9. The zero-order valence-electron chi connectivity index (χ0n) is 18.3. The molecule has 1 saturated heterocycles. The van der Waals surface area contributed by atoms with Crippen LogP contribution in [0.15, 0.2) is 41.4 Å². The molecule has 30 heavy (non-hydrogen) atoms. The summed E-state index contributed by atoms with van der Waals surface area (Å²) in [7, 11) is 2.18. The van der Waals surface area contributed by atoms with E-state index < -0.39 is 0 Å². The number of guanidine groups is 1. The third kappa shape index (κ3) is 8.43. The summed E-state index contributed by atoms with van der Waals surface area (Å²) in [6.45, 7) is 6.95. The van der Waals surface area contributed by atoms with Crippen LogP contribution in [0.4, 0.5) is 0 Å². The number of hydrogen-bond acceptors (Lipinski definition) is 4. The number of nitrogens with zero attached hydrogens (tertiary/aromatic N) is 2. The molecule has 168 valence electrons. The van der Waals surface area contributed by atoms with Crippen molar-refractivity contribution in [1.29, 1.82) is 0 Å². The average Bonchev–Trinajstić information content (AvgIpc) is 3.26. The highest BCUT2D eigenvalue weighted by Crippen LogP contribution is 2.16. The number of aliphatic imine (C=N–C) groups is 1. The van der Waals surface area contributed by atoms with Gasteiger partial charge in [-0.3, -0.25) is 4.90 Å². The van der Waals surface area contributed by atoms with Gasteiger partial charge in [0.25, 0.3) is 0 Å². The molecular formula is C23H37IN4O2. The predicted octanol–water partition coefficient (Wildman–Crippen LogP) is 3.57. The Morgan fingerprint density at radius 3 is 2.73 bits per heavy atom. The Kier molecular flexibility index (Phi) is 11.5. The summed E-state index contributed by atoms with van der Waals surface area (Å²) in [6, 6.07) is 9.33. The molecule has 0 unspecified atom stereocenters. The van der Waals surface area contributed by atoms with E-state index >= 15 is 0 Å². The van der Waals surface area contributed by atoms with Crippen molar-refractivity contribution in [3.8, 4) is 5.75 Å². The Balaban J connectivity index is 0.00000320. The van der Waals surface area contributed by atoms with Gasteiger partial charge < -0.3 is 20.1 Å². The zero-order chi connectivity index (χ0) is 20.3. The minimum Gasteiger partial charge on any atom is -0.492 e. The molecule has 0 bridgehead atoms. The number of ether oxygens (including phenoxy) is 2. The molecule has 1 heterocycles. The average molecular weight is 528 g/mol. The van der Waals surface area contributed by atoms with Gasteiger partial charge in [-0.25, -0.2) is 4.99 Å². The molecule has 2 N–H and O–H groups in total. The van der Waals surface area contributed by atoms with Gasteiger partial charge >= 0.3 is 0 Å². The maximum absolute atomic E-state index is 6.01. The Labute approximate surface area is 198 Å². The van der Waals surface area contributed by atoms with Gasteiger partial charge in [-0.05, 0) is 57.4 Å². The van der Waals surface area contributed by atoms with Gasteiger partial charge in [-0.2, -0.15) is 0 Å². The quantitative estimate of drug-likeness (QED) is 0.222. The first kappa shape index (κ1) is 24.9. The second-order valence-electron chi connectivity index (χ2n) is 7.80. The second-order valence-corrected chi connectivity index (χ2v) is 7.80. The van der Waals surface area contributed by atoms with E-state index in [1.165, 1.54) is 0 Å². The van der Waals surface area contributed by atoms with E-state index in [1.807, 2.05) is 12.1 Å². The van der Waals surface area contributed by atoms with Crippen molar-refractivity contribution in [2.24, 2.45) is 4.99 Å². The van der Waals surface area contributed by atoms with Crippen molar-refractivity contribution in [2.75, 3.05) is 40.0 Å². The minimum atomic E-state index is 0. The van der Waals surface area contributed by atoms with Crippen LogP contribution in [0.25, 0.3) is 0 Å². The van der Waals surface area contributed by atoms with Crippen molar-refractivity contribution in [1.82, 2.24) is 15.5 Å². The van der Waals surface area contributed by atoms with Crippen LogP contribution >= 0.6 is 24.0 Å². The molecule has 1 fully saturated rings. The highest BCUT2D eigenvalue weighted by molar-refractivity contribution is 14.0. The topological polar surface area (TPSA) is 58.1 Å². The van der Waals surface area contributed by atoms with E-state index in [4.69, 9.17) is 14.5 Å². The van der Waals surface area contributed by atoms with E-state index in [-0.39, 0.29) is 24.0 Å². The summed E-state index contributed by atoms with van der Waals surface area (Å²) in [5.74, 6) is 1.79. The van der Waals surface area contributed by atoms with Gasteiger partial charge in [0.15, 0.2) is 5.96 Å². The predicted molar refractivity (Wildman–Crippen MR) is 134 cm³/mol. The van der Waals surface area contributed by atoms with Gasteiger partial charge in [0.05, 0.1) is 6.54 Å². The first-order chi connectivity index (χ1) is 14.2. The molecule has 3 rings (SSSR count). The second kappa shape index (κ2) is 13.9. The van der Waals surface area contributed by atoms with Gasteiger partial charge in [-0.1, -0.05) is 24.3 Å². The summed E-state index contributed by atoms with van der Waals surface area (Å²) >= 11 is 0. The smallest absolute Gasteiger partial charge is 0.191 e. The molecule has 0 aromatic heterocycles. The lowest BCUT2D eigenvalue weighted by atomic mass is 10.1. The van der Waals surface area contributed by atoms with E-state index in [0.717, 1.165) is 69.3 Å². The Morgan fingerprint density at radius 2 is 2.00 bits per heavy atom. The Morgan fingerprint density at radius 1 is 1.23 bits per heavy atom. The van der Waals surface area contributed by atoms with Gasteiger partial charge in [0.2, 0.25) is 0 Å². The summed E-state index contributed by atoms with van der Waals surface area (Å²) in [4.78, 5) is 7.14. The normalized spacial score (nSPS) is 17.8. The molecule has 0 radical (unpaired) electrons. The van der Waals surface area contributed by atoms with Crippen molar-refractivity contribution in [3.63, 3.8) is 0 Å². The molecule has 1 aliphatic carbocycles. The molecule has 2 aliphatic rings. The van der Waals surface area contributed by atoms with Crippen molar-refractivity contribution >= 4 is 29.9 Å². The van der Waals surface area contributed by atoms with Crippen molar-refractivity contribution in [3.05, 3.63) is 42.0 Å². The van der Waals surface area contributed by atoms with Crippen LogP contribution in [0.3, 0.4) is 0 Å². The van der Waals surface area contributed by atoms with E-state index in [9.17, 15) is 0 Å². The van der Waals surface area contributed by atoms with Crippen LogP contribution in [0.1, 0.15) is 38.2 Å². The number of likely N-dealkylation sites (N-methyl/N-ethyl adjacent to an activating group) is 1. The van der Waals surface area contributed by atoms with Gasteiger partial charge in [0, 0.05) is 38.4 Å². The van der Waals surface area contributed by atoms with E-state index in [0.29, 0.717) is 25.2 Å². The van der Waals surface area contributed by atoms with Gasteiger partial charge in [0.1, 0.15) is 12.4 Å². The third-order valence-corrected chi connectivity index (χ3v) is 5.54. The fourth-order valence-corrected chi connectivity index (χ4v) is 3.77. The Hall–Kier alpha value is -1.32. The van der Waals surface area contributed by atoms with Crippen LogP contribution in [-0.2, 0) is 11.3 Å². The molecule has 0 spiro atoms. The third-order valence-electron chi connectivity index (χ3n) is 5.54. The standard InChI is InChI=1S/C23H36N4O2.HI/c1-3-24-23(26-20-8-4-5-9-20)25-18-19-7-6-10-22(17-19)29-16-13-27(2)21-11-14-28-15-12-21;/h4-7,10,17,20-21H,3,8-9,11-16,18H2,1-2H3,(H2,24,25,26);1H. The van der Waals surface area contributed by atoms with Crippen molar-refractivity contribution < 1.29 is 9.47 Å². The van der Waals surface area contributed by atoms with Crippen LogP contribution in [0.5, 0.6) is 5.75 Å². The summed E-state index contributed by atoms with van der Waals surface area (Å²) in [6.07, 6.45) is 8.81. The van der Waals surface area contributed by atoms with Crippen LogP contribution in [0, 0.1) is 0 Å². The SMILES string of the molecule is CCNC(=NCc1cccc(OCCN(C)C2CCOCC2)c1)NC1CC=CC1.I. The maximum Gasteiger partial charge on any atom is 0.191 e. The number of benzene rings is 1. The lowest BCUT2D eigenvalue weighted by molar-refractivity contribution is 0.0392. The van der Waals surface area contributed by atoms with Crippen LogP contribution in [0.2, 0.25) is 0 Å². The molecule has 7 heteroatoms. The monoisotopic (exact) mass is 528 g/mol. The van der Waals surface area contributed by atoms with Gasteiger partial charge in [-0.15, -0.1) is 24.0 Å². The highest BCUT2D eigenvalue weighted by atomic mass is 127. The molecule has 0 amide bonds. The van der Waals surface area contributed by atoms with E-state index in [1.54, 1.807) is 0 Å². The maximum atomic E-state index is 6.01. The summed E-state index contributed by atoms with van der Waals surface area (Å²) in [5, 5.41) is 6.85. The first-order valence-electron chi connectivity index (χ1n) is 10.9. The van der Waals surface area contributed by atoms with Crippen LogP contribution < -0.4 is 15.4 Å². The van der Waals surface area contributed by atoms with Crippen LogP contribution in [-0.4, -0.2) is 62.9 Å². The minimum absolute atomic E-state index is 0. The summed E-state index contributed by atoms with van der Waals surface area (Å²) in [5.41, 5.74) is 1.15. The molecular weight excluding hydrogens is 491 g/mol. The Bertz CT molecular complexity index is 669. The molecule has 1 aromatic carbocycles. The number of hydrogen-bond donors (Lipinski definition) is 2. The largest absolute Gasteiger partial charge is 0.492 e. The fourth-order valence-electron chi connectivity index (χ4n) is 3.77.